The Morgan fingerprint density at radius 1 is 1.53 bits per heavy atom. The molecule has 0 aliphatic rings. The maximum Gasteiger partial charge on any atom is 0.389 e. The number of rotatable bonds is 5. The Bertz CT molecular complexity index is 271. The molecule has 1 N–H and O–H groups in total. The van der Waals surface area contributed by atoms with Gasteiger partial charge in [-0.1, -0.05) is 6.92 Å². The van der Waals surface area contributed by atoms with Gasteiger partial charge in [0.05, 0.1) is 5.51 Å². The molecular formula is C9H13F3N2S. The molecule has 0 radical (unpaired) electrons. The molecule has 15 heavy (non-hydrogen) atoms. The smallest absolute Gasteiger partial charge is 0.309 e. The van der Waals surface area contributed by atoms with E-state index in [1.807, 2.05) is 6.92 Å². The zero-order valence-electron chi connectivity index (χ0n) is 8.34. The minimum Gasteiger partial charge on any atom is -0.309 e. The summed E-state index contributed by atoms with van der Waals surface area (Å²) < 4.78 is 36.2. The van der Waals surface area contributed by atoms with Crippen LogP contribution in [-0.2, 0) is 0 Å². The Balaban J connectivity index is 2.52. The largest absolute Gasteiger partial charge is 0.389 e. The van der Waals surface area contributed by atoms with Crippen LogP contribution in [0.1, 0.15) is 30.7 Å². The van der Waals surface area contributed by atoms with Crippen LogP contribution in [0.3, 0.4) is 0 Å². The first-order valence-electron chi connectivity index (χ1n) is 4.71. The van der Waals surface area contributed by atoms with Crippen molar-refractivity contribution >= 4 is 11.3 Å². The van der Waals surface area contributed by atoms with E-state index >= 15 is 0 Å². The van der Waals surface area contributed by atoms with Crippen molar-refractivity contribution in [1.29, 1.82) is 0 Å². The van der Waals surface area contributed by atoms with Crippen molar-refractivity contribution < 1.29 is 13.2 Å². The second kappa shape index (κ2) is 5.46. The molecule has 0 fully saturated rings. The third-order valence-electron chi connectivity index (χ3n) is 1.96. The first kappa shape index (κ1) is 12.4. The van der Waals surface area contributed by atoms with E-state index in [0.29, 0.717) is 6.54 Å². The van der Waals surface area contributed by atoms with Gasteiger partial charge >= 0.3 is 6.18 Å². The standard InChI is InChI=1S/C9H13F3N2S/c1-2-14-7(3-4-9(10,11)12)8-5-13-6-15-8/h5-7,14H,2-4H2,1H3. The number of nitrogens with one attached hydrogen (secondary N) is 1. The van der Waals surface area contributed by atoms with E-state index in [4.69, 9.17) is 0 Å². The first-order valence-corrected chi connectivity index (χ1v) is 5.59. The van der Waals surface area contributed by atoms with Gasteiger partial charge in [-0.05, 0) is 13.0 Å². The van der Waals surface area contributed by atoms with Gasteiger partial charge in [0.25, 0.3) is 0 Å². The summed E-state index contributed by atoms with van der Waals surface area (Å²) in [6, 6.07) is -0.232. The van der Waals surface area contributed by atoms with Gasteiger partial charge in [0.2, 0.25) is 0 Å². The van der Waals surface area contributed by atoms with Crippen LogP contribution in [0.15, 0.2) is 11.7 Å². The van der Waals surface area contributed by atoms with E-state index in [2.05, 4.69) is 10.3 Å². The molecule has 0 aliphatic carbocycles. The number of alkyl halides is 3. The highest BCUT2D eigenvalue weighted by molar-refractivity contribution is 7.09. The van der Waals surface area contributed by atoms with Gasteiger partial charge in [0.15, 0.2) is 0 Å². The second-order valence-corrected chi connectivity index (χ2v) is 4.09. The third kappa shape index (κ3) is 4.61. The zero-order valence-corrected chi connectivity index (χ0v) is 9.16. The molecule has 86 valence electrons. The van der Waals surface area contributed by atoms with E-state index in [9.17, 15) is 13.2 Å². The van der Waals surface area contributed by atoms with Crippen LogP contribution >= 0.6 is 11.3 Å². The lowest BCUT2D eigenvalue weighted by Gasteiger charge is -2.16. The summed E-state index contributed by atoms with van der Waals surface area (Å²) in [5.74, 6) is 0. The number of hydrogen-bond acceptors (Lipinski definition) is 3. The molecule has 0 saturated carbocycles. The first-order chi connectivity index (χ1) is 7.03. The van der Waals surface area contributed by atoms with Gasteiger partial charge < -0.3 is 5.32 Å². The Hall–Kier alpha value is -0.620. The lowest BCUT2D eigenvalue weighted by Crippen LogP contribution is -2.22. The maximum absolute atomic E-state index is 12.1. The maximum atomic E-state index is 12.1. The molecule has 0 amide bonds. The van der Waals surface area contributed by atoms with Crippen molar-refractivity contribution in [3.8, 4) is 0 Å². The van der Waals surface area contributed by atoms with E-state index in [1.165, 1.54) is 11.3 Å². The van der Waals surface area contributed by atoms with Gasteiger partial charge in [-0.15, -0.1) is 11.3 Å². The fraction of sp³-hybridized carbons (Fsp3) is 0.667. The summed E-state index contributed by atoms with van der Waals surface area (Å²) in [6.45, 7) is 2.53. The fourth-order valence-corrected chi connectivity index (χ4v) is 2.03. The van der Waals surface area contributed by atoms with Crippen LogP contribution in [0.2, 0.25) is 0 Å². The van der Waals surface area contributed by atoms with Crippen LogP contribution in [0.5, 0.6) is 0 Å². The normalized spacial score (nSPS) is 14.1. The molecule has 1 rings (SSSR count). The second-order valence-electron chi connectivity index (χ2n) is 3.17. The molecule has 0 spiro atoms. The molecule has 1 aromatic rings. The number of thiazole rings is 1. The Morgan fingerprint density at radius 2 is 2.27 bits per heavy atom. The molecule has 1 unspecified atom stereocenters. The van der Waals surface area contributed by atoms with Crippen molar-refractivity contribution in [2.45, 2.75) is 32.0 Å². The fourth-order valence-electron chi connectivity index (χ4n) is 1.30. The lowest BCUT2D eigenvalue weighted by molar-refractivity contribution is -0.136. The number of aromatic nitrogens is 1. The summed E-state index contributed by atoms with van der Waals surface area (Å²) in [5, 5.41) is 3.03. The third-order valence-corrected chi connectivity index (χ3v) is 2.85. The van der Waals surface area contributed by atoms with Crippen LogP contribution in [0.4, 0.5) is 13.2 Å². The number of halogens is 3. The highest BCUT2D eigenvalue weighted by Crippen LogP contribution is 2.28. The van der Waals surface area contributed by atoms with Crippen molar-refractivity contribution in [3.63, 3.8) is 0 Å². The minimum absolute atomic E-state index is 0.0690. The van der Waals surface area contributed by atoms with Crippen molar-refractivity contribution in [2.24, 2.45) is 0 Å². The molecule has 6 heteroatoms. The topological polar surface area (TPSA) is 24.9 Å². The predicted molar refractivity (Wildman–Crippen MR) is 53.8 cm³/mol. The summed E-state index contributed by atoms with van der Waals surface area (Å²) >= 11 is 1.38. The predicted octanol–water partition coefficient (Wildman–Crippen LogP) is 3.14. The zero-order chi connectivity index (χ0) is 11.3. The van der Waals surface area contributed by atoms with E-state index < -0.39 is 12.6 Å². The number of hydrogen-bond donors (Lipinski definition) is 1. The molecule has 0 bridgehead atoms. The van der Waals surface area contributed by atoms with E-state index in [1.54, 1.807) is 11.7 Å². The van der Waals surface area contributed by atoms with Gasteiger partial charge in [0.1, 0.15) is 0 Å². The highest BCUT2D eigenvalue weighted by atomic mass is 32.1. The van der Waals surface area contributed by atoms with E-state index in [0.717, 1.165) is 4.88 Å². The van der Waals surface area contributed by atoms with Crippen LogP contribution in [0.25, 0.3) is 0 Å². The van der Waals surface area contributed by atoms with Crippen LogP contribution in [0, 0.1) is 0 Å². The van der Waals surface area contributed by atoms with Crippen LogP contribution in [-0.4, -0.2) is 17.7 Å². The summed E-state index contributed by atoms with van der Waals surface area (Å²) in [4.78, 5) is 4.73. The Kier molecular flexibility index (Phi) is 4.53. The lowest BCUT2D eigenvalue weighted by atomic mass is 10.1. The van der Waals surface area contributed by atoms with Crippen molar-refractivity contribution in [2.75, 3.05) is 6.54 Å². The molecule has 1 heterocycles. The number of nitrogens with zero attached hydrogens (tertiary/aromatic N) is 1. The summed E-state index contributed by atoms with van der Waals surface area (Å²) in [6.07, 6.45) is -3.16. The molecule has 0 saturated heterocycles. The molecule has 1 atom stereocenters. The quantitative estimate of drug-likeness (QED) is 0.852. The van der Waals surface area contributed by atoms with Gasteiger partial charge in [-0.2, -0.15) is 13.2 Å². The average molecular weight is 238 g/mol. The summed E-state index contributed by atoms with van der Waals surface area (Å²) in [5.41, 5.74) is 1.63. The van der Waals surface area contributed by atoms with Gasteiger partial charge in [0, 0.05) is 23.5 Å². The Labute approximate surface area is 90.5 Å². The SMILES string of the molecule is CCNC(CCC(F)(F)F)c1cncs1. The molecule has 2 nitrogen and oxygen atoms in total. The van der Waals surface area contributed by atoms with Gasteiger partial charge in [-0.3, -0.25) is 4.98 Å². The highest BCUT2D eigenvalue weighted by Gasteiger charge is 2.28. The van der Waals surface area contributed by atoms with E-state index in [-0.39, 0.29) is 12.5 Å². The van der Waals surface area contributed by atoms with Crippen molar-refractivity contribution in [3.05, 3.63) is 16.6 Å². The molecule has 0 aromatic carbocycles. The van der Waals surface area contributed by atoms with Crippen LogP contribution < -0.4 is 5.32 Å². The monoisotopic (exact) mass is 238 g/mol. The van der Waals surface area contributed by atoms with Gasteiger partial charge in [-0.25, -0.2) is 0 Å². The average Bonchev–Trinajstić information content (AvgIpc) is 2.63. The molecular weight excluding hydrogens is 225 g/mol. The molecule has 0 aliphatic heterocycles. The minimum atomic E-state index is -4.08. The summed E-state index contributed by atoms with van der Waals surface area (Å²) in [7, 11) is 0. The molecule has 1 aromatic heterocycles. The van der Waals surface area contributed by atoms with Crippen molar-refractivity contribution in [1.82, 2.24) is 10.3 Å². The Morgan fingerprint density at radius 3 is 2.73 bits per heavy atom.